The van der Waals surface area contributed by atoms with Crippen LogP contribution in [0.5, 0.6) is 5.75 Å². The minimum atomic E-state index is -3.64. The Morgan fingerprint density at radius 3 is 2.16 bits per heavy atom. The molecule has 0 bridgehead atoms. The molecular formula is C21H22O3S. The topological polar surface area (TPSA) is 54.4 Å². The monoisotopic (exact) mass is 354 g/mol. The maximum Gasteiger partial charge on any atom is 0.185 e. The maximum absolute atomic E-state index is 13.4. The van der Waals surface area contributed by atoms with Gasteiger partial charge in [0.15, 0.2) is 9.84 Å². The molecule has 0 aliphatic heterocycles. The van der Waals surface area contributed by atoms with Gasteiger partial charge >= 0.3 is 0 Å². The number of hydrogen-bond donors (Lipinski definition) is 1. The van der Waals surface area contributed by atoms with E-state index in [1.807, 2.05) is 51.1 Å². The molecule has 0 aliphatic carbocycles. The Bertz CT molecular complexity index is 1000. The van der Waals surface area contributed by atoms with Crippen molar-refractivity contribution in [3.8, 4) is 5.75 Å². The molecule has 3 nitrogen and oxygen atoms in total. The second kappa shape index (κ2) is 6.52. The molecule has 0 spiro atoms. The van der Waals surface area contributed by atoms with Gasteiger partial charge in [-0.05, 0) is 41.8 Å². The molecule has 3 rings (SSSR count). The molecule has 25 heavy (non-hydrogen) atoms. The van der Waals surface area contributed by atoms with Crippen molar-refractivity contribution in [1.82, 2.24) is 0 Å². The standard InChI is InChI=1S/C21H22O3S/c1-14(2)21(25(23,24)17-11-8-15(3)9-12-17)20-18-7-5-4-6-16(18)10-13-19(20)22/h4-14,21-22H,1-3H3. The number of rotatable bonds is 4. The summed E-state index contributed by atoms with van der Waals surface area (Å²) in [6.07, 6.45) is 0. The number of phenolic OH excluding ortho intramolecular Hbond substituents is 1. The first-order chi connectivity index (χ1) is 11.8. The van der Waals surface area contributed by atoms with E-state index in [9.17, 15) is 13.5 Å². The summed E-state index contributed by atoms with van der Waals surface area (Å²) in [5, 5.41) is 11.4. The van der Waals surface area contributed by atoms with E-state index in [-0.39, 0.29) is 16.6 Å². The molecule has 0 aliphatic rings. The Morgan fingerprint density at radius 2 is 1.52 bits per heavy atom. The smallest absolute Gasteiger partial charge is 0.185 e. The fourth-order valence-corrected chi connectivity index (χ4v) is 5.39. The van der Waals surface area contributed by atoms with Crippen molar-refractivity contribution >= 4 is 20.6 Å². The summed E-state index contributed by atoms with van der Waals surface area (Å²) in [4.78, 5) is 0.282. The summed E-state index contributed by atoms with van der Waals surface area (Å²) in [5.74, 6) is -0.170. The Labute approximate surface area is 148 Å². The molecule has 0 aromatic heterocycles. The molecule has 1 unspecified atom stereocenters. The lowest BCUT2D eigenvalue weighted by atomic mass is 9.95. The average Bonchev–Trinajstić information content (AvgIpc) is 2.57. The molecule has 0 radical (unpaired) electrons. The Balaban J connectivity index is 2.28. The van der Waals surface area contributed by atoms with E-state index in [1.165, 1.54) is 0 Å². The highest BCUT2D eigenvalue weighted by Crippen LogP contribution is 2.42. The van der Waals surface area contributed by atoms with Crippen molar-refractivity contribution in [2.24, 2.45) is 5.92 Å². The van der Waals surface area contributed by atoms with Crippen LogP contribution < -0.4 is 0 Å². The Morgan fingerprint density at radius 1 is 0.880 bits per heavy atom. The molecule has 0 heterocycles. The zero-order valence-electron chi connectivity index (χ0n) is 14.6. The van der Waals surface area contributed by atoms with Crippen molar-refractivity contribution in [3.63, 3.8) is 0 Å². The summed E-state index contributed by atoms with van der Waals surface area (Å²) in [6.45, 7) is 5.67. The third kappa shape index (κ3) is 3.14. The zero-order chi connectivity index (χ0) is 18.2. The van der Waals surface area contributed by atoms with Crippen LogP contribution in [-0.2, 0) is 9.84 Å². The van der Waals surface area contributed by atoms with Gasteiger partial charge in [-0.25, -0.2) is 8.42 Å². The number of benzene rings is 3. The molecule has 4 heteroatoms. The fraction of sp³-hybridized carbons (Fsp3) is 0.238. The van der Waals surface area contributed by atoms with Crippen LogP contribution in [0.15, 0.2) is 65.6 Å². The van der Waals surface area contributed by atoms with Gasteiger partial charge in [-0.2, -0.15) is 0 Å². The second-order valence-electron chi connectivity index (χ2n) is 6.74. The lowest BCUT2D eigenvalue weighted by Gasteiger charge is -2.24. The molecule has 1 N–H and O–H groups in total. The average molecular weight is 354 g/mol. The normalized spacial score (nSPS) is 13.3. The summed E-state index contributed by atoms with van der Waals surface area (Å²) < 4.78 is 26.7. The third-order valence-electron chi connectivity index (χ3n) is 4.52. The Hall–Kier alpha value is -2.33. The highest BCUT2D eigenvalue weighted by molar-refractivity contribution is 7.91. The Kier molecular flexibility index (Phi) is 4.56. The van der Waals surface area contributed by atoms with Crippen molar-refractivity contribution < 1.29 is 13.5 Å². The fourth-order valence-electron chi connectivity index (χ4n) is 3.30. The minimum absolute atomic E-state index is 0.0214. The maximum atomic E-state index is 13.4. The zero-order valence-corrected chi connectivity index (χ0v) is 15.4. The second-order valence-corrected chi connectivity index (χ2v) is 8.81. The number of hydrogen-bond acceptors (Lipinski definition) is 3. The summed E-state index contributed by atoms with van der Waals surface area (Å²) >= 11 is 0. The van der Waals surface area contributed by atoms with Gasteiger partial charge in [-0.15, -0.1) is 0 Å². The molecule has 130 valence electrons. The molecule has 3 aromatic carbocycles. The van der Waals surface area contributed by atoms with E-state index in [2.05, 4.69) is 0 Å². The number of aromatic hydroxyl groups is 1. The van der Waals surface area contributed by atoms with E-state index in [4.69, 9.17) is 0 Å². The van der Waals surface area contributed by atoms with Crippen LogP contribution >= 0.6 is 0 Å². The van der Waals surface area contributed by atoms with Crippen LogP contribution in [0.2, 0.25) is 0 Å². The molecule has 0 saturated carbocycles. The molecular weight excluding hydrogens is 332 g/mol. The number of fused-ring (bicyclic) bond motifs is 1. The molecule has 1 atom stereocenters. The third-order valence-corrected chi connectivity index (χ3v) is 6.90. The van der Waals surface area contributed by atoms with Crippen molar-refractivity contribution in [1.29, 1.82) is 0 Å². The number of phenols is 1. The predicted molar refractivity (Wildman–Crippen MR) is 102 cm³/mol. The van der Waals surface area contributed by atoms with E-state index in [0.29, 0.717) is 5.56 Å². The molecule has 0 saturated heterocycles. The first kappa shape index (κ1) is 17.5. The van der Waals surface area contributed by atoms with Gasteiger partial charge in [0.2, 0.25) is 0 Å². The van der Waals surface area contributed by atoms with Crippen LogP contribution in [0.25, 0.3) is 10.8 Å². The van der Waals surface area contributed by atoms with Crippen molar-refractivity contribution in [3.05, 3.63) is 71.8 Å². The first-order valence-electron chi connectivity index (χ1n) is 8.33. The predicted octanol–water partition coefficient (Wildman–Crippen LogP) is 5.02. The summed E-state index contributed by atoms with van der Waals surface area (Å²) in [6, 6.07) is 17.8. The van der Waals surface area contributed by atoms with Crippen LogP contribution in [0.3, 0.4) is 0 Å². The molecule has 0 amide bonds. The van der Waals surface area contributed by atoms with Crippen molar-refractivity contribution in [2.45, 2.75) is 30.9 Å². The van der Waals surface area contributed by atoms with Gasteiger partial charge in [0.25, 0.3) is 0 Å². The molecule has 0 fully saturated rings. The summed E-state index contributed by atoms with van der Waals surface area (Å²) in [5.41, 5.74) is 1.49. The summed E-state index contributed by atoms with van der Waals surface area (Å²) in [7, 11) is -3.64. The SMILES string of the molecule is Cc1ccc(S(=O)(=O)C(c2c(O)ccc3ccccc23)C(C)C)cc1. The van der Waals surface area contributed by atoms with Crippen LogP contribution in [0.1, 0.15) is 30.2 Å². The minimum Gasteiger partial charge on any atom is -0.508 e. The molecule has 3 aromatic rings. The van der Waals surface area contributed by atoms with Crippen LogP contribution in [-0.4, -0.2) is 13.5 Å². The highest BCUT2D eigenvalue weighted by atomic mass is 32.2. The van der Waals surface area contributed by atoms with E-state index in [0.717, 1.165) is 16.3 Å². The number of aryl methyl sites for hydroxylation is 1. The van der Waals surface area contributed by atoms with E-state index < -0.39 is 15.1 Å². The quantitative estimate of drug-likeness (QED) is 0.715. The highest BCUT2D eigenvalue weighted by Gasteiger charge is 2.34. The van der Waals surface area contributed by atoms with Crippen molar-refractivity contribution in [2.75, 3.05) is 0 Å². The van der Waals surface area contributed by atoms with Gasteiger partial charge in [0, 0.05) is 5.56 Å². The van der Waals surface area contributed by atoms with E-state index in [1.54, 1.807) is 30.3 Å². The van der Waals surface area contributed by atoms with Gasteiger partial charge < -0.3 is 5.11 Å². The van der Waals surface area contributed by atoms with Crippen LogP contribution in [0, 0.1) is 12.8 Å². The largest absolute Gasteiger partial charge is 0.508 e. The van der Waals surface area contributed by atoms with Gasteiger partial charge in [-0.1, -0.05) is 61.9 Å². The van der Waals surface area contributed by atoms with Gasteiger partial charge in [0.05, 0.1) is 10.1 Å². The van der Waals surface area contributed by atoms with Gasteiger partial charge in [0.1, 0.15) is 5.75 Å². The number of sulfone groups is 1. The van der Waals surface area contributed by atoms with E-state index >= 15 is 0 Å². The van der Waals surface area contributed by atoms with Gasteiger partial charge in [-0.3, -0.25) is 0 Å². The lowest BCUT2D eigenvalue weighted by molar-refractivity contribution is 0.457. The lowest BCUT2D eigenvalue weighted by Crippen LogP contribution is -2.19. The first-order valence-corrected chi connectivity index (χ1v) is 9.88. The van der Waals surface area contributed by atoms with Crippen LogP contribution in [0.4, 0.5) is 0 Å².